The van der Waals surface area contributed by atoms with Crippen LogP contribution in [0.3, 0.4) is 0 Å². The average Bonchev–Trinajstić information content (AvgIpc) is 3.07. The van der Waals surface area contributed by atoms with E-state index in [1.54, 1.807) is 32.4 Å². The molecule has 2 aromatic carbocycles. The summed E-state index contributed by atoms with van der Waals surface area (Å²) in [6.07, 6.45) is 0. The molecule has 0 spiro atoms. The van der Waals surface area contributed by atoms with Crippen molar-refractivity contribution in [1.29, 1.82) is 0 Å². The second-order valence-electron chi connectivity index (χ2n) is 5.76. The first-order chi connectivity index (χ1) is 13.6. The molecule has 3 rings (SSSR count). The molecule has 148 valence electrons. The number of aryl methyl sites for hydroxylation is 1. The number of nitrogens with zero attached hydrogens (tertiary/aromatic N) is 2. The monoisotopic (exact) mass is 402 g/mol. The molecule has 0 atom stereocenters. The number of amides is 1. The number of carbonyl (C=O) groups is 1. The lowest BCUT2D eigenvalue weighted by Crippen LogP contribution is -2.16. The highest BCUT2D eigenvalue weighted by molar-refractivity contribution is 7.16. The Balaban J connectivity index is 2.21. The molecule has 8 heteroatoms. The van der Waals surface area contributed by atoms with Gasteiger partial charge in [0.15, 0.2) is 16.3 Å². The number of thiazole rings is 1. The number of aromatic nitrogens is 1. The van der Waals surface area contributed by atoms with E-state index in [9.17, 15) is 4.79 Å². The molecule has 1 heterocycles. The number of carbonyl (C=O) groups excluding carboxylic acids is 1. The largest absolute Gasteiger partial charge is 0.496 e. The summed E-state index contributed by atoms with van der Waals surface area (Å²) in [4.78, 5) is 17.9. The van der Waals surface area contributed by atoms with Crippen molar-refractivity contribution in [1.82, 2.24) is 4.57 Å². The van der Waals surface area contributed by atoms with Crippen molar-refractivity contribution >= 4 is 27.5 Å². The zero-order valence-electron chi connectivity index (χ0n) is 16.4. The summed E-state index contributed by atoms with van der Waals surface area (Å²) in [5.41, 5.74) is 1.21. The summed E-state index contributed by atoms with van der Waals surface area (Å²) in [7, 11) is 6.20. The maximum atomic E-state index is 13.0. The summed E-state index contributed by atoms with van der Waals surface area (Å²) in [5, 5.41) is 0. The highest BCUT2D eigenvalue weighted by Gasteiger charge is 2.19. The molecule has 1 amide bonds. The number of hydrogen-bond donors (Lipinski definition) is 0. The zero-order chi connectivity index (χ0) is 20.3. The van der Waals surface area contributed by atoms with Gasteiger partial charge in [-0.15, -0.1) is 0 Å². The van der Waals surface area contributed by atoms with Crippen molar-refractivity contribution in [2.24, 2.45) is 4.99 Å². The van der Waals surface area contributed by atoms with Crippen LogP contribution in [0.2, 0.25) is 0 Å². The molecule has 0 N–H and O–H groups in total. The molecule has 7 nitrogen and oxygen atoms in total. The minimum absolute atomic E-state index is 0.294. The van der Waals surface area contributed by atoms with Gasteiger partial charge in [-0.2, -0.15) is 4.99 Å². The molecule has 0 fully saturated rings. The molecule has 0 bridgehead atoms. The molecule has 3 aromatic rings. The van der Waals surface area contributed by atoms with E-state index in [4.69, 9.17) is 18.9 Å². The van der Waals surface area contributed by atoms with Crippen LogP contribution in [0.15, 0.2) is 35.3 Å². The van der Waals surface area contributed by atoms with Crippen molar-refractivity contribution in [3.63, 3.8) is 0 Å². The second-order valence-corrected chi connectivity index (χ2v) is 6.77. The summed E-state index contributed by atoms with van der Waals surface area (Å²) in [6, 6.07) is 8.96. The lowest BCUT2D eigenvalue weighted by atomic mass is 10.1. The molecule has 0 saturated heterocycles. The fraction of sp³-hybridized carbons (Fsp3) is 0.300. The SMILES string of the molecule is CCn1c(=NC(=O)c2c(OC)cccc2OC)sc2cc(OC)c(OC)cc21. The maximum absolute atomic E-state index is 13.0. The minimum atomic E-state index is -0.429. The fourth-order valence-electron chi connectivity index (χ4n) is 2.99. The van der Waals surface area contributed by atoms with E-state index < -0.39 is 5.91 Å². The van der Waals surface area contributed by atoms with Crippen LogP contribution in [0, 0.1) is 0 Å². The fourth-order valence-corrected chi connectivity index (χ4v) is 4.09. The summed E-state index contributed by atoms with van der Waals surface area (Å²) < 4.78 is 24.3. The highest BCUT2D eigenvalue weighted by atomic mass is 32.1. The van der Waals surface area contributed by atoms with Gasteiger partial charge in [-0.25, -0.2) is 0 Å². The number of fused-ring (bicyclic) bond motifs is 1. The van der Waals surface area contributed by atoms with E-state index in [-0.39, 0.29) is 0 Å². The Morgan fingerprint density at radius 3 is 2.07 bits per heavy atom. The van der Waals surface area contributed by atoms with Crippen LogP contribution in [0.25, 0.3) is 10.2 Å². The van der Waals surface area contributed by atoms with Gasteiger partial charge < -0.3 is 23.5 Å². The number of benzene rings is 2. The van der Waals surface area contributed by atoms with Crippen molar-refractivity contribution in [3.05, 3.63) is 40.7 Å². The molecule has 0 aliphatic rings. The van der Waals surface area contributed by atoms with Gasteiger partial charge >= 0.3 is 0 Å². The van der Waals surface area contributed by atoms with Crippen molar-refractivity contribution in [2.75, 3.05) is 28.4 Å². The van der Waals surface area contributed by atoms with Gasteiger partial charge in [-0.05, 0) is 19.1 Å². The summed E-state index contributed by atoms with van der Waals surface area (Å²) in [5.74, 6) is 1.66. The third-order valence-electron chi connectivity index (χ3n) is 4.34. The standard InChI is InChI=1S/C20H22N2O5S/c1-6-22-12-10-15(26-4)16(27-5)11-17(12)28-20(22)21-19(23)18-13(24-2)8-7-9-14(18)25-3/h7-11H,6H2,1-5H3. The van der Waals surface area contributed by atoms with Gasteiger partial charge in [0.2, 0.25) is 0 Å². The molecular weight excluding hydrogens is 380 g/mol. The Morgan fingerprint density at radius 2 is 1.54 bits per heavy atom. The Hall–Kier alpha value is -3.00. The van der Waals surface area contributed by atoms with Crippen molar-refractivity contribution in [2.45, 2.75) is 13.5 Å². The molecule has 28 heavy (non-hydrogen) atoms. The van der Waals surface area contributed by atoms with Gasteiger partial charge in [-0.3, -0.25) is 4.79 Å². The first-order valence-electron chi connectivity index (χ1n) is 8.63. The van der Waals surface area contributed by atoms with Crippen LogP contribution in [0.4, 0.5) is 0 Å². The quantitative estimate of drug-likeness (QED) is 0.631. The highest BCUT2D eigenvalue weighted by Crippen LogP contribution is 2.33. The third-order valence-corrected chi connectivity index (χ3v) is 5.38. The van der Waals surface area contributed by atoms with Crippen LogP contribution in [-0.4, -0.2) is 38.9 Å². The zero-order valence-corrected chi connectivity index (χ0v) is 17.3. The van der Waals surface area contributed by atoms with E-state index in [1.165, 1.54) is 25.6 Å². The second kappa shape index (κ2) is 8.35. The smallest absolute Gasteiger partial charge is 0.287 e. The van der Waals surface area contributed by atoms with E-state index in [0.717, 1.165) is 10.2 Å². The van der Waals surface area contributed by atoms with Gasteiger partial charge in [0, 0.05) is 18.7 Å². The van der Waals surface area contributed by atoms with Crippen molar-refractivity contribution in [3.8, 4) is 23.0 Å². The Labute approximate surface area is 166 Å². The van der Waals surface area contributed by atoms with Crippen molar-refractivity contribution < 1.29 is 23.7 Å². The van der Waals surface area contributed by atoms with Crippen LogP contribution < -0.4 is 23.7 Å². The van der Waals surface area contributed by atoms with Crippen LogP contribution in [-0.2, 0) is 6.54 Å². The maximum Gasteiger partial charge on any atom is 0.287 e. The summed E-state index contributed by atoms with van der Waals surface area (Å²) >= 11 is 1.41. The van der Waals surface area contributed by atoms with E-state index in [0.29, 0.717) is 39.9 Å². The predicted octanol–water partition coefficient (Wildman–Crippen LogP) is 3.50. The molecule has 0 aliphatic carbocycles. The number of rotatable bonds is 6. The first kappa shape index (κ1) is 19.8. The average molecular weight is 402 g/mol. The number of methoxy groups -OCH3 is 4. The summed E-state index contributed by atoms with van der Waals surface area (Å²) in [6.45, 7) is 2.64. The molecule has 1 aromatic heterocycles. The topological polar surface area (TPSA) is 71.3 Å². The van der Waals surface area contributed by atoms with Gasteiger partial charge in [0.25, 0.3) is 5.91 Å². The van der Waals surface area contributed by atoms with Crippen LogP contribution in [0.1, 0.15) is 17.3 Å². The lowest BCUT2D eigenvalue weighted by Gasteiger charge is -2.10. The predicted molar refractivity (Wildman–Crippen MR) is 108 cm³/mol. The third kappa shape index (κ3) is 3.43. The Bertz CT molecular complexity index is 1060. The molecule has 0 unspecified atom stereocenters. The number of hydrogen-bond acceptors (Lipinski definition) is 6. The van der Waals surface area contributed by atoms with E-state index >= 15 is 0 Å². The minimum Gasteiger partial charge on any atom is -0.496 e. The van der Waals surface area contributed by atoms with Crippen LogP contribution in [0.5, 0.6) is 23.0 Å². The van der Waals surface area contributed by atoms with Gasteiger partial charge in [-0.1, -0.05) is 17.4 Å². The Morgan fingerprint density at radius 1 is 0.964 bits per heavy atom. The Kier molecular flexibility index (Phi) is 5.89. The normalized spacial score (nSPS) is 11.5. The van der Waals surface area contributed by atoms with Crippen LogP contribution >= 0.6 is 11.3 Å². The molecule has 0 saturated carbocycles. The van der Waals surface area contributed by atoms with Gasteiger partial charge in [0.1, 0.15) is 17.1 Å². The molecule has 0 radical (unpaired) electrons. The van der Waals surface area contributed by atoms with E-state index in [1.807, 2.05) is 23.6 Å². The first-order valence-corrected chi connectivity index (χ1v) is 9.44. The number of ether oxygens (including phenoxy) is 4. The molecular formula is C20H22N2O5S. The van der Waals surface area contributed by atoms with E-state index in [2.05, 4.69) is 4.99 Å². The lowest BCUT2D eigenvalue weighted by molar-refractivity contribution is 0.0992. The van der Waals surface area contributed by atoms with Gasteiger partial charge in [0.05, 0.1) is 38.7 Å². The molecule has 0 aliphatic heterocycles.